The van der Waals surface area contributed by atoms with E-state index in [2.05, 4.69) is 199 Å². The third-order valence-electron chi connectivity index (χ3n) is 14.2. The van der Waals surface area contributed by atoms with Gasteiger partial charge in [-0.05, 0) is 175 Å². The number of allylic oxidation sites excluding steroid dienone is 9. The molecule has 0 bridgehead atoms. The van der Waals surface area contributed by atoms with Gasteiger partial charge in [-0.25, -0.2) is 0 Å². The van der Waals surface area contributed by atoms with Crippen LogP contribution in [0.2, 0.25) is 0 Å². The molecule has 4 aliphatic rings. The van der Waals surface area contributed by atoms with Crippen molar-refractivity contribution in [2.24, 2.45) is 22.7 Å². The Morgan fingerprint density at radius 1 is 0.805 bits per heavy atom. The molecule has 2 heterocycles. The Bertz CT molecular complexity index is 2190. The molecule has 466 valence electrons. The van der Waals surface area contributed by atoms with Gasteiger partial charge in [0.05, 0.1) is 11.2 Å². The number of aryl methyl sites for hydroxylation is 3. The molecule has 6 heteroatoms. The van der Waals surface area contributed by atoms with Crippen LogP contribution >= 0.6 is 0 Å². The van der Waals surface area contributed by atoms with Crippen LogP contribution in [-0.4, -0.2) is 42.1 Å². The summed E-state index contributed by atoms with van der Waals surface area (Å²) in [6.07, 6.45) is 33.7. The zero-order chi connectivity index (χ0) is 64.4. The van der Waals surface area contributed by atoms with Gasteiger partial charge in [0.2, 0.25) is 6.41 Å². The van der Waals surface area contributed by atoms with Gasteiger partial charge in [0.25, 0.3) is 0 Å². The van der Waals surface area contributed by atoms with E-state index in [1.54, 1.807) is 0 Å². The largest absolute Gasteiger partial charge is 0.356 e. The monoisotopic (exact) mass is 1130 g/mol. The lowest BCUT2D eigenvalue weighted by Gasteiger charge is -2.38. The number of aldehydes is 1. The number of fused-ring (bicyclic) bond motifs is 1. The van der Waals surface area contributed by atoms with Gasteiger partial charge in [-0.15, -0.1) is 19.7 Å². The molecule has 6 rings (SSSR count). The number of carbonyl (C=O) groups excluding carboxylic acids is 2. The molecule has 1 N–H and O–H groups in total. The summed E-state index contributed by atoms with van der Waals surface area (Å²) in [7, 11) is 0. The fourth-order valence-corrected chi connectivity index (χ4v) is 9.91. The van der Waals surface area contributed by atoms with Gasteiger partial charge in [-0.1, -0.05) is 222 Å². The molecule has 6 nitrogen and oxygen atoms in total. The number of dihydropyridines is 1. The van der Waals surface area contributed by atoms with E-state index in [-0.39, 0.29) is 17.6 Å². The highest BCUT2D eigenvalue weighted by Gasteiger charge is 2.60. The Morgan fingerprint density at radius 2 is 1.35 bits per heavy atom. The summed E-state index contributed by atoms with van der Waals surface area (Å²) in [6, 6.07) is 11.1. The fraction of sp³-hybridized carbons (Fsp3) is 0.566. The minimum absolute atomic E-state index is 0.0362. The Morgan fingerprint density at radius 3 is 1.77 bits per heavy atom. The van der Waals surface area contributed by atoms with Gasteiger partial charge in [-0.3, -0.25) is 14.6 Å². The van der Waals surface area contributed by atoms with Crippen LogP contribution in [0.3, 0.4) is 0 Å². The second-order valence-corrected chi connectivity index (χ2v) is 19.9. The third-order valence-corrected chi connectivity index (χ3v) is 14.2. The highest BCUT2D eigenvalue weighted by Crippen LogP contribution is 2.53. The van der Waals surface area contributed by atoms with Crippen LogP contribution in [-0.2, 0) is 16.0 Å². The molecule has 0 spiro atoms. The fourth-order valence-electron chi connectivity index (χ4n) is 9.91. The van der Waals surface area contributed by atoms with E-state index in [0.717, 1.165) is 50.5 Å². The quantitative estimate of drug-likeness (QED) is 0.0918. The van der Waals surface area contributed by atoms with Crippen LogP contribution in [0.4, 0.5) is 5.69 Å². The Kier molecular flexibility index (Phi) is 55.7. The van der Waals surface area contributed by atoms with Crippen molar-refractivity contribution in [2.45, 2.75) is 261 Å². The average Bonchev–Trinajstić information content (AvgIpc) is 4.24. The molecule has 0 radical (unpaired) electrons. The molecule has 0 saturated heterocycles. The van der Waals surface area contributed by atoms with Gasteiger partial charge >= 0.3 is 0 Å². The molecule has 2 aliphatic heterocycles. The molecule has 2 saturated carbocycles. The predicted molar refractivity (Wildman–Crippen MR) is 375 cm³/mol. The maximum Gasteiger partial charge on any atom is 0.207 e. The van der Waals surface area contributed by atoms with Crippen molar-refractivity contribution in [2.75, 3.05) is 11.4 Å². The molecule has 3 unspecified atom stereocenters. The number of anilines is 1. The van der Waals surface area contributed by atoms with Gasteiger partial charge in [0, 0.05) is 36.3 Å². The highest BCUT2D eigenvalue weighted by molar-refractivity contribution is 5.82. The number of hydrogen-bond acceptors (Lipinski definition) is 5. The number of nitrogens with one attached hydrogen (secondary N) is 1. The number of aliphatic imine (C=N–C) groups is 1. The Hall–Kier alpha value is -5.49. The SMILES string of the molecule is C=C.C=C(CCC)/C(CC)=C(/C)Cc1cc(C)c(C)c(C)c1.C=CCCC.C=Cc1cc(N(/C=C\C)C(C)=CC)ccc1C.CC.CC.CC.CC.CC.CC1C[C@]1(CNC=O)N1C(C=O)=CC2C=C(C3CCCCC3)C=NC21.CCC. The summed E-state index contributed by atoms with van der Waals surface area (Å²) in [4.78, 5) is 31.8. The summed E-state index contributed by atoms with van der Waals surface area (Å²) in [6.45, 7) is 68.5. The first-order chi connectivity index (χ1) is 39.6. The van der Waals surface area contributed by atoms with E-state index in [0.29, 0.717) is 18.4 Å². The topological polar surface area (TPSA) is 65.0 Å². The predicted octanol–water partition coefficient (Wildman–Crippen LogP) is 22.9. The lowest BCUT2D eigenvalue weighted by atomic mass is 9.82. The summed E-state index contributed by atoms with van der Waals surface area (Å²) >= 11 is 0. The maximum atomic E-state index is 11.7. The molecular weight excluding hydrogens is 1000 g/mol. The van der Waals surface area contributed by atoms with E-state index in [9.17, 15) is 9.59 Å². The van der Waals surface area contributed by atoms with E-state index in [4.69, 9.17) is 4.99 Å². The molecule has 1 amide bonds. The van der Waals surface area contributed by atoms with Crippen LogP contribution in [0, 0.1) is 45.4 Å². The second kappa shape index (κ2) is 53.5. The molecule has 4 atom stereocenters. The number of nitrogens with zero attached hydrogens (tertiary/aromatic N) is 3. The maximum absolute atomic E-state index is 11.7. The van der Waals surface area contributed by atoms with Crippen LogP contribution in [0.1, 0.15) is 249 Å². The number of benzene rings is 2. The van der Waals surface area contributed by atoms with Gasteiger partial charge < -0.3 is 15.1 Å². The van der Waals surface area contributed by atoms with Crippen molar-refractivity contribution in [3.05, 3.63) is 167 Å². The van der Waals surface area contributed by atoms with Crippen LogP contribution in [0.15, 0.2) is 138 Å². The molecule has 2 fully saturated rings. The van der Waals surface area contributed by atoms with E-state index in [1.165, 1.54) is 118 Å². The summed E-state index contributed by atoms with van der Waals surface area (Å²) in [5.41, 5.74) is 16.7. The second-order valence-electron chi connectivity index (χ2n) is 19.9. The molecule has 2 aliphatic carbocycles. The summed E-state index contributed by atoms with van der Waals surface area (Å²) < 4.78 is 0. The summed E-state index contributed by atoms with van der Waals surface area (Å²) in [5.74, 6) is 1.25. The van der Waals surface area contributed by atoms with Crippen molar-refractivity contribution >= 4 is 30.7 Å². The summed E-state index contributed by atoms with van der Waals surface area (Å²) in [5, 5.41) is 2.83. The smallest absolute Gasteiger partial charge is 0.207 e. The number of amides is 1. The van der Waals surface area contributed by atoms with Crippen LogP contribution in [0.5, 0.6) is 0 Å². The van der Waals surface area contributed by atoms with Gasteiger partial charge in [0.1, 0.15) is 6.17 Å². The van der Waals surface area contributed by atoms with Crippen molar-refractivity contribution in [3.63, 3.8) is 0 Å². The van der Waals surface area contributed by atoms with Crippen molar-refractivity contribution < 1.29 is 9.59 Å². The third kappa shape index (κ3) is 29.7. The van der Waals surface area contributed by atoms with Crippen LogP contribution < -0.4 is 10.2 Å². The average molecular weight is 1130 g/mol. The molecule has 0 aromatic heterocycles. The van der Waals surface area contributed by atoms with Crippen molar-refractivity contribution in [3.8, 4) is 0 Å². The number of hydrogen-bond donors (Lipinski definition) is 1. The highest BCUT2D eigenvalue weighted by atomic mass is 16.1. The number of rotatable bonds is 18. The van der Waals surface area contributed by atoms with Gasteiger partial charge in [-0.2, -0.15) is 0 Å². The van der Waals surface area contributed by atoms with E-state index >= 15 is 0 Å². The number of carbonyl (C=O) groups is 2. The van der Waals surface area contributed by atoms with Gasteiger partial charge in [0.15, 0.2) is 6.29 Å². The Labute approximate surface area is 510 Å². The number of unbranched alkanes of at least 4 members (excludes halogenated alkanes) is 1. The minimum atomic E-state index is -0.166. The first-order valence-corrected chi connectivity index (χ1v) is 32.3. The first kappa shape index (κ1) is 85.3. The zero-order valence-corrected chi connectivity index (χ0v) is 58.1. The van der Waals surface area contributed by atoms with Crippen molar-refractivity contribution in [1.29, 1.82) is 0 Å². The lowest BCUT2D eigenvalue weighted by Crippen LogP contribution is -2.49. The molecule has 2 aromatic rings. The molecular formula is C76H130N4O2. The zero-order valence-electron chi connectivity index (χ0n) is 58.1. The standard InChI is InChI=1S/C20H27N3O2.C20H30.C16H21N.C5H10.C3H8.5C2H6.C2H4/c1-14-9-20(14,12-21-13-25)23-18(11-24)8-16-7-17(10-22-19(16)23)15-5-3-2-4-6-15;1-8-10-14(3)20(9-2)17(6)13-19-11-15(4)18(7)16(5)12-19;1-6-11-17(14(5)7-2)16-10-9-13(4)15(8-3)12-16;1-3-5-4-2;1-3-2;6*1-2/h7-8,10-11,13-16,19H,2-6,9,12H2,1H3,(H,21,25);11-12H,3,8-10,13H2,1-2,4-7H3;6-12H,3H2,1-2,4-5H3;3H,1,4-5H2,2H3;3H2,1-2H3;5*1-2H3;1-2H2/b;20-17-;11-6-,14-7?;;;;;;;;/t14?,16?,19?,20-;;;;;;;;;;/m1........../s1. The first-order valence-electron chi connectivity index (χ1n) is 32.3. The molecule has 82 heavy (non-hydrogen) atoms. The van der Waals surface area contributed by atoms with Crippen LogP contribution in [0.25, 0.3) is 6.08 Å². The minimum Gasteiger partial charge on any atom is -0.356 e. The molecule has 2 aromatic carbocycles. The lowest BCUT2D eigenvalue weighted by molar-refractivity contribution is -0.109. The van der Waals surface area contributed by atoms with E-state index in [1.807, 2.05) is 94.4 Å². The van der Waals surface area contributed by atoms with E-state index < -0.39 is 0 Å². The van der Waals surface area contributed by atoms with Crippen molar-refractivity contribution in [1.82, 2.24) is 10.2 Å². The Balaban J connectivity index is -0.000000315. The normalized spacial score (nSPS) is 17.9.